The van der Waals surface area contributed by atoms with Gasteiger partial charge < -0.3 is 24.0 Å². The first-order valence-electron chi connectivity index (χ1n) is 12.6. The molecule has 3 heteroatoms. The molecule has 0 N–H and O–H groups in total. The van der Waals surface area contributed by atoms with Crippen LogP contribution in [0, 0.1) is 0 Å². The second-order valence-electron chi connectivity index (χ2n) is 8.78. The topological polar surface area (TPSA) is 0 Å². The lowest BCUT2D eigenvalue weighted by atomic mass is 10.1. The molecule has 3 aromatic rings. The molecule has 0 fully saturated rings. The number of rotatable bonds is 15. The van der Waals surface area contributed by atoms with Crippen molar-refractivity contribution in [2.45, 2.75) is 57.8 Å². The third kappa shape index (κ3) is 8.92. The summed E-state index contributed by atoms with van der Waals surface area (Å²) in [6.07, 6.45) is 18.2. The lowest BCUT2D eigenvalue weighted by Crippen LogP contribution is -3.00. The van der Waals surface area contributed by atoms with Crippen molar-refractivity contribution < 1.29 is 24.0 Å². The Hall–Kier alpha value is -0.960. The number of allylic oxidation sites excluding steroid dienone is 2. The predicted molar refractivity (Wildman–Crippen MR) is 155 cm³/mol. The summed E-state index contributed by atoms with van der Waals surface area (Å²) < 4.78 is 0. The van der Waals surface area contributed by atoms with E-state index in [0.29, 0.717) is 0 Å². The number of hydrogen-bond donors (Lipinski definition) is 0. The maximum atomic E-state index is 3.52. The minimum atomic E-state index is -1.72. The van der Waals surface area contributed by atoms with E-state index < -0.39 is 7.26 Å². The molecule has 0 radical (unpaired) electrons. The highest BCUT2D eigenvalue weighted by molar-refractivity contribution is 9.09. The van der Waals surface area contributed by atoms with Gasteiger partial charge in [-0.25, -0.2) is 0 Å². The maximum Gasteiger partial charge on any atom is 0.115 e. The van der Waals surface area contributed by atoms with Crippen LogP contribution in [0.3, 0.4) is 0 Å². The smallest absolute Gasteiger partial charge is 0.115 e. The lowest BCUT2D eigenvalue weighted by Gasteiger charge is -2.26. The zero-order chi connectivity index (χ0) is 23.0. The fourth-order valence-corrected chi connectivity index (χ4v) is 9.01. The molecule has 182 valence electrons. The van der Waals surface area contributed by atoms with Crippen molar-refractivity contribution in [1.82, 2.24) is 0 Å². The monoisotopic (exact) mass is 648 g/mol. The molecular weight excluding hydrogens is 610 g/mol. The van der Waals surface area contributed by atoms with Crippen LogP contribution in [0.15, 0.2) is 103 Å². The minimum Gasteiger partial charge on any atom is -1.00 e. The van der Waals surface area contributed by atoms with E-state index in [9.17, 15) is 0 Å². The van der Waals surface area contributed by atoms with E-state index in [-0.39, 0.29) is 24.0 Å². The van der Waals surface area contributed by atoms with Crippen LogP contribution in [-0.2, 0) is 0 Å². The zero-order valence-electron chi connectivity index (χ0n) is 20.3. The molecule has 3 rings (SSSR count). The van der Waals surface area contributed by atoms with Crippen LogP contribution in [0.25, 0.3) is 0 Å². The predicted octanol–water partition coefficient (Wildman–Crippen LogP) is 5.45. The summed E-state index contributed by atoms with van der Waals surface area (Å²) in [5.74, 6) is 0. The number of halogens is 2. The summed E-state index contributed by atoms with van der Waals surface area (Å²) in [6, 6.07) is 33.6. The Morgan fingerprint density at radius 1 is 0.500 bits per heavy atom. The molecule has 0 saturated heterocycles. The van der Waals surface area contributed by atoms with Crippen LogP contribution in [0.5, 0.6) is 0 Å². The summed E-state index contributed by atoms with van der Waals surface area (Å²) in [5.41, 5.74) is 0. The van der Waals surface area contributed by atoms with Gasteiger partial charge in [0.25, 0.3) is 0 Å². The third-order valence-electron chi connectivity index (χ3n) is 6.39. The second-order valence-corrected chi connectivity index (χ2v) is 13.1. The van der Waals surface area contributed by atoms with Gasteiger partial charge in [0.15, 0.2) is 0 Å². The number of alkyl halides is 1. The van der Waals surface area contributed by atoms with E-state index in [1.165, 1.54) is 73.7 Å². The third-order valence-corrected chi connectivity index (χ3v) is 11.2. The quantitative estimate of drug-likeness (QED) is 0.0677. The average molecular weight is 649 g/mol. The maximum absolute atomic E-state index is 3.52. The van der Waals surface area contributed by atoms with Crippen LogP contribution >= 0.6 is 23.2 Å². The van der Waals surface area contributed by atoms with Crippen LogP contribution in [-0.4, -0.2) is 11.5 Å². The van der Waals surface area contributed by atoms with Gasteiger partial charge in [0, 0.05) is 5.33 Å². The van der Waals surface area contributed by atoms with Crippen molar-refractivity contribution in [3.8, 4) is 0 Å². The van der Waals surface area contributed by atoms with E-state index in [0.717, 1.165) is 11.5 Å². The number of unbranched alkanes of at least 4 members (excludes halogenated alkanes) is 8. The molecular formula is C31H39BrIP. The first-order valence-corrected chi connectivity index (χ1v) is 15.7. The van der Waals surface area contributed by atoms with Gasteiger partial charge in [-0.15, -0.1) is 0 Å². The van der Waals surface area contributed by atoms with Crippen LogP contribution in [0.2, 0.25) is 0 Å². The van der Waals surface area contributed by atoms with Crippen LogP contribution < -0.4 is 39.9 Å². The summed E-state index contributed by atoms with van der Waals surface area (Å²) in [5, 5.41) is 5.55. The first-order chi connectivity index (χ1) is 16.4. The van der Waals surface area contributed by atoms with Crippen molar-refractivity contribution in [3.05, 3.63) is 103 Å². The SMILES string of the molecule is BrCCCCCCCCCCC=CC[P+](c1ccccc1)(c1ccccc1)c1ccccc1.[I-]. The van der Waals surface area contributed by atoms with E-state index >= 15 is 0 Å². The first kappa shape index (κ1) is 29.3. The van der Waals surface area contributed by atoms with Crippen LogP contribution in [0.4, 0.5) is 0 Å². The molecule has 0 atom stereocenters. The highest BCUT2D eigenvalue weighted by Gasteiger charge is 2.43. The van der Waals surface area contributed by atoms with Crippen molar-refractivity contribution in [1.29, 1.82) is 0 Å². The standard InChI is InChI=1S/C31H39BrP.HI/c32-27-19-8-6-4-2-1-3-5-7-9-20-28-33(29-21-13-10-14-22-29,30-23-15-11-16-24-30)31-25-17-12-18-26-31;/h9-18,20-26H,1-8,19,27-28H2;1H/q+1;/p-1. The van der Waals surface area contributed by atoms with Gasteiger partial charge in [-0.05, 0) is 55.7 Å². The van der Waals surface area contributed by atoms with Crippen LogP contribution in [0.1, 0.15) is 57.8 Å². The van der Waals surface area contributed by atoms with E-state index in [1.807, 2.05) is 0 Å². The Morgan fingerprint density at radius 3 is 1.29 bits per heavy atom. The molecule has 34 heavy (non-hydrogen) atoms. The van der Waals surface area contributed by atoms with Gasteiger partial charge in [-0.1, -0.05) is 121 Å². The van der Waals surface area contributed by atoms with E-state index in [1.54, 1.807) is 0 Å². The van der Waals surface area contributed by atoms with E-state index in [2.05, 4.69) is 119 Å². The summed E-state index contributed by atoms with van der Waals surface area (Å²) >= 11 is 3.52. The molecule has 0 nitrogen and oxygen atoms in total. The van der Waals surface area contributed by atoms with Gasteiger partial charge >= 0.3 is 0 Å². The Balaban J connectivity index is 0.00000408. The molecule has 0 aromatic heterocycles. The Kier molecular flexibility index (Phi) is 15.0. The highest BCUT2D eigenvalue weighted by atomic mass is 127. The normalized spacial score (nSPS) is 11.4. The molecule has 0 saturated carbocycles. The molecule has 0 bridgehead atoms. The van der Waals surface area contributed by atoms with Crippen molar-refractivity contribution in [2.75, 3.05) is 11.5 Å². The molecule has 0 aliphatic carbocycles. The van der Waals surface area contributed by atoms with Crippen molar-refractivity contribution >= 4 is 39.1 Å². The Morgan fingerprint density at radius 2 is 0.882 bits per heavy atom. The summed E-state index contributed by atoms with van der Waals surface area (Å²) in [6.45, 7) is 0. The Labute approximate surface area is 234 Å². The molecule has 0 amide bonds. The molecule has 0 spiro atoms. The minimum absolute atomic E-state index is 0. The van der Waals surface area contributed by atoms with Gasteiger partial charge in [-0.2, -0.15) is 0 Å². The fraction of sp³-hybridized carbons (Fsp3) is 0.355. The zero-order valence-corrected chi connectivity index (χ0v) is 24.9. The van der Waals surface area contributed by atoms with Gasteiger partial charge in [0.2, 0.25) is 0 Å². The summed E-state index contributed by atoms with van der Waals surface area (Å²) in [7, 11) is -1.72. The Bertz CT molecular complexity index is 815. The molecule has 0 unspecified atom stereocenters. The molecule has 0 heterocycles. The largest absolute Gasteiger partial charge is 1.00 e. The molecule has 0 aliphatic heterocycles. The molecule has 0 aliphatic rings. The molecule has 3 aromatic carbocycles. The second kappa shape index (κ2) is 17.5. The van der Waals surface area contributed by atoms with Gasteiger partial charge in [-0.3, -0.25) is 0 Å². The highest BCUT2D eigenvalue weighted by Crippen LogP contribution is 2.55. The number of benzene rings is 3. The van der Waals surface area contributed by atoms with Crippen molar-refractivity contribution in [3.63, 3.8) is 0 Å². The average Bonchev–Trinajstić information content (AvgIpc) is 2.89. The van der Waals surface area contributed by atoms with Gasteiger partial charge in [0.05, 0.1) is 6.16 Å². The van der Waals surface area contributed by atoms with E-state index in [4.69, 9.17) is 0 Å². The summed E-state index contributed by atoms with van der Waals surface area (Å²) in [4.78, 5) is 0. The fourth-order valence-electron chi connectivity index (χ4n) is 4.58. The van der Waals surface area contributed by atoms with Gasteiger partial charge in [0.1, 0.15) is 23.2 Å². The van der Waals surface area contributed by atoms with Crippen molar-refractivity contribution in [2.24, 2.45) is 0 Å². The lowest BCUT2D eigenvalue weighted by molar-refractivity contribution is -0.00000650. The number of hydrogen-bond acceptors (Lipinski definition) is 0.